The van der Waals surface area contributed by atoms with E-state index in [-0.39, 0.29) is 6.42 Å². The fraction of sp³-hybridized carbons (Fsp3) is 0.200. The molecular formula is C30H27BO3. The lowest BCUT2D eigenvalue weighted by Crippen LogP contribution is -2.49. The van der Waals surface area contributed by atoms with Crippen molar-refractivity contribution < 1.29 is 14.6 Å². The molecule has 4 heteroatoms. The minimum atomic E-state index is -1.34. The van der Waals surface area contributed by atoms with E-state index in [4.69, 9.17) is 12.3 Å². The summed E-state index contributed by atoms with van der Waals surface area (Å²) in [6, 6.07) is 28.0. The Kier molecular flexibility index (Phi) is 5.39. The highest BCUT2D eigenvalue weighted by atomic mass is 16.4. The average Bonchev–Trinajstić information content (AvgIpc) is 3.19. The van der Waals surface area contributed by atoms with Gasteiger partial charge in [-0.05, 0) is 60.7 Å². The van der Waals surface area contributed by atoms with Crippen LogP contribution in [0.5, 0.6) is 0 Å². The maximum atomic E-state index is 11.2. The van der Waals surface area contributed by atoms with Crippen molar-refractivity contribution in [2.75, 3.05) is 0 Å². The Balaban J connectivity index is 1.87. The van der Waals surface area contributed by atoms with Crippen LogP contribution in [0.2, 0.25) is 0 Å². The first kappa shape index (κ1) is 22.5. The van der Waals surface area contributed by atoms with Crippen molar-refractivity contribution in [1.82, 2.24) is 0 Å². The molecule has 0 saturated carbocycles. The quantitative estimate of drug-likeness (QED) is 0.337. The van der Waals surface area contributed by atoms with Gasteiger partial charge in [-0.2, -0.15) is 0 Å². The molecule has 0 fully saturated rings. The summed E-state index contributed by atoms with van der Waals surface area (Å²) in [6.07, 6.45) is 0.272. The second-order valence-corrected chi connectivity index (χ2v) is 9.72. The van der Waals surface area contributed by atoms with Crippen molar-refractivity contribution in [3.63, 3.8) is 0 Å². The van der Waals surface area contributed by atoms with Crippen LogP contribution in [0.15, 0.2) is 89.3 Å². The van der Waals surface area contributed by atoms with Gasteiger partial charge in [0.25, 0.3) is 0 Å². The standard InChI is InChI=1S/C30H27BO3/c1-29(2,32)30(3,33)18-20-12-7-13-21(19-10-5-4-6-11-19)26(20)22-14-8-16-24-27(22)28-23(31)15-9-17-25(28)34-24/h4-17,32-33H,18H2,1-3H3. The molecule has 4 aromatic carbocycles. The second-order valence-electron chi connectivity index (χ2n) is 9.72. The highest BCUT2D eigenvalue weighted by Gasteiger charge is 2.38. The van der Waals surface area contributed by atoms with E-state index in [1.807, 2.05) is 60.7 Å². The smallest absolute Gasteiger partial charge is 0.136 e. The van der Waals surface area contributed by atoms with Crippen molar-refractivity contribution in [3.05, 3.63) is 90.5 Å². The minimum Gasteiger partial charge on any atom is -0.456 e. The SMILES string of the molecule is [B]c1cccc2oc3cccc(-c4c(CC(C)(O)C(C)(C)O)cccc4-c4ccccc4)c3c12. The van der Waals surface area contributed by atoms with Gasteiger partial charge in [0, 0.05) is 17.2 Å². The molecule has 0 aliphatic heterocycles. The first-order chi connectivity index (χ1) is 16.2. The van der Waals surface area contributed by atoms with Crippen molar-refractivity contribution in [1.29, 1.82) is 0 Å². The van der Waals surface area contributed by atoms with E-state index >= 15 is 0 Å². The number of benzene rings is 4. The minimum absolute atomic E-state index is 0.272. The molecule has 1 aromatic heterocycles. The Morgan fingerprint density at radius 1 is 0.706 bits per heavy atom. The fourth-order valence-corrected chi connectivity index (χ4v) is 4.61. The van der Waals surface area contributed by atoms with Crippen LogP contribution in [-0.4, -0.2) is 29.3 Å². The van der Waals surface area contributed by atoms with Crippen LogP contribution >= 0.6 is 0 Å². The first-order valence-corrected chi connectivity index (χ1v) is 11.5. The predicted octanol–water partition coefficient (Wildman–Crippen LogP) is 5.78. The van der Waals surface area contributed by atoms with Gasteiger partial charge in [-0.25, -0.2) is 0 Å². The summed E-state index contributed by atoms with van der Waals surface area (Å²) < 4.78 is 6.17. The summed E-state index contributed by atoms with van der Waals surface area (Å²) in [7, 11) is 6.43. The molecule has 0 bridgehead atoms. The monoisotopic (exact) mass is 446 g/mol. The molecule has 0 aliphatic carbocycles. The normalized spacial score (nSPS) is 13.9. The summed E-state index contributed by atoms with van der Waals surface area (Å²) in [4.78, 5) is 0. The third kappa shape index (κ3) is 3.73. The average molecular weight is 446 g/mol. The van der Waals surface area contributed by atoms with E-state index in [1.54, 1.807) is 20.8 Å². The largest absolute Gasteiger partial charge is 0.456 e. The van der Waals surface area contributed by atoms with Crippen LogP contribution in [0.4, 0.5) is 0 Å². The van der Waals surface area contributed by atoms with E-state index in [2.05, 4.69) is 24.3 Å². The zero-order chi connectivity index (χ0) is 24.1. The van der Waals surface area contributed by atoms with Crippen molar-refractivity contribution in [2.24, 2.45) is 0 Å². The van der Waals surface area contributed by atoms with Gasteiger partial charge < -0.3 is 14.6 Å². The topological polar surface area (TPSA) is 53.6 Å². The summed E-state index contributed by atoms with van der Waals surface area (Å²) in [5.74, 6) is 0. The molecule has 1 unspecified atom stereocenters. The van der Waals surface area contributed by atoms with Crippen molar-refractivity contribution in [3.8, 4) is 22.3 Å². The lowest BCUT2D eigenvalue weighted by molar-refractivity contribution is -0.118. The lowest BCUT2D eigenvalue weighted by Gasteiger charge is -2.36. The molecule has 0 amide bonds. The Morgan fingerprint density at radius 3 is 2.03 bits per heavy atom. The highest BCUT2D eigenvalue weighted by Crippen LogP contribution is 2.43. The molecule has 2 N–H and O–H groups in total. The molecule has 34 heavy (non-hydrogen) atoms. The summed E-state index contributed by atoms with van der Waals surface area (Å²) in [5, 5.41) is 23.8. The maximum Gasteiger partial charge on any atom is 0.136 e. The molecule has 1 heterocycles. The van der Waals surface area contributed by atoms with Gasteiger partial charge in [-0.15, -0.1) is 0 Å². The van der Waals surface area contributed by atoms with Gasteiger partial charge in [-0.3, -0.25) is 0 Å². The van der Waals surface area contributed by atoms with Crippen molar-refractivity contribution >= 4 is 35.2 Å². The van der Waals surface area contributed by atoms with Gasteiger partial charge >= 0.3 is 0 Å². The lowest BCUT2D eigenvalue weighted by atomic mass is 9.78. The van der Waals surface area contributed by atoms with Gasteiger partial charge in [0.15, 0.2) is 0 Å². The Hall–Kier alpha value is -3.34. The molecular weight excluding hydrogens is 419 g/mol. The van der Waals surface area contributed by atoms with E-state index < -0.39 is 11.2 Å². The van der Waals surface area contributed by atoms with Crippen LogP contribution in [0.3, 0.4) is 0 Å². The molecule has 168 valence electrons. The number of hydrogen-bond donors (Lipinski definition) is 2. The highest BCUT2D eigenvalue weighted by molar-refractivity contribution is 6.42. The molecule has 5 aromatic rings. The number of aliphatic hydroxyl groups is 2. The zero-order valence-electron chi connectivity index (χ0n) is 19.7. The third-order valence-electron chi connectivity index (χ3n) is 6.91. The first-order valence-electron chi connectivity index (χ1n) is 11.5. The third-order valence-corrected chi connectivity index (χ3v) is 6.91. The molecule has 5 rings (SSSR count). The van der Waals surface area contributed by atoms with E-state index in [0.717, 1.165) is 49.8 Å². The van der Waals surface area contributed by atoms with Crippen LogP contribution in [-0.2, 0) is 6.42 Å². The summed E-state index contributed by atoms with van der Waals surface area (Å²) in [6.45, 7) is 4.95. The van der Waals surface area contributed by atoms with Crippen molar-refractivity contribution in [2.45, 2.75) is 38.4 Å². The van der Waals surface area contributed by atoms with Gasteiger partial charge in [0.1, 0.15) is 19.0 Å². The van der Waals surface area contributed by atoms with Crippen LogP contribution in [0, 0.1) is 0 Å². The molecule has 0 aliphatic rings. The second kappa shape index (κ2) is 8.16. The molecule has 3 nitrogen and oxygen atoms in total. The van der Waals surface area contributed by atoms with Crippen LogP contribution in [0.1, 0.15) is 26.3 Å². The number of furan rings is 1. The van der Waals surface area contributed by atoms with E-state index in [9.17, 15) is 10.2 Å². The molecule has 2 radical (unpaired) electrons. The Bertz CT molecular complexity index is 1490. The summed E-state index contributed by atoms with van der Waals surface area (Å²) >= 11 is 0. The fourth-order valence-electron chi connectivity index (χ4n) is 4.61. The Labute approximate surface area is 201 Å². The zero-order valence-corrected chi connectivity index (χ0v) is 19.7. The van der Waals surface area contributed by atoms with Gasteiger partial charge in [0.2, 0.25) is 0 Å². The van der Waals surface area contributed by atoms with Crippen LogP contribution < -0.4 is 5.46 Å². The van der Waals surface area contributed by atoms with E-state index in [1.165, 1.54) is 0 Å². The maximum absolute atomic E-state index is 11.2. The number of rotatable bonds is 5. The molecule has 0 saturated heterocycles. The molecule has 0 spiro atoms. The number of fused-ring (bicyclic) bond motifs is 3. The number of hydrogen-bond acceptors (Lipinski definition) is 3. The molecule has 1 atom stereocenters. The summed E-state index contributed by atoms with van der Waals surface area (Å²) in [5.41, 5.74) is 4.55. The van der Waals surface area contributed by atoms with Crippen LogP contribution in [0.25, 0.3) is 44.2 Å². The van der Waals surface area contributed by atoms with E-state index in [0.29, 0.717) is 5.46 Å². The van der Waals surface area contributed by atoms with Gasteiger partial charge in [0.05, 0.1) is 11.2 Å². The predicted molar refractivity (Wildman–Crippen MR) is 141 cm³/mol. The van der Waals surface area contributed by atoms with Gasteiger partial charge in [-0.1, -0.05) is 78.3 Å². The Morgan fingerprint density at radius 2 is 1.32 bits per heavy atom.